The fraction of sp³-hybridized carbons (Fsp3) is 0.308. The number of ether oxygens (including phenoxy) is 2. The van der Waals surface area contributed by atoms with Gasteiger partial charge >= 0.3 is 11.9 Å². The van der Waals surface area contributed by atoms with Crippen molar-refractivity contribution in [2.45, 2.75) is 51.4 Å². The molecule has 1 atom stereocenters. The van der Waals surface area contributed by atoms with Crippen LogP contribution in [0.15, 0.2) is 46.0 Å². The monoisotopic (exact) mass is 600 g/mol. The van der Waals surface area contributed by atoms with Gasteiger partial charge in [-0.2, -0.15) is 0 Å². The number of benzene rings is 2. The number of fused-ring (bicyclic) bond motifs is 3. The van der Waals surface area contributed by atoms with Crippen LogP contribution in [0.3, 0.4) is 0 Å². The van der Waals surface area contributed by atoms with Crippen LogP contribution >= 0.6 is 27.7 Å². The number of carbonyl (C=O) groups excluding carboxylic acids is 3. The Balaban J connectivity index is 2.03. The number of rotatable bonds is 7. The van der Waals surface area contributed by atoms with Crippen molar-refractivity contribution in [3.05, 3.63) is 46.4 Å². The summed E-state index contributed by atoms with van der Waals surface area (Å²) in [5.41, 5.74) is 1.72. The minimum absolute atomic E-state index is 0.00516. The van der Waals surface area contributed by atoms with Crippen molar-refractivity contribution in [3.8, 4) is 28.6 Å². The van der Waals surface area contributed by atoms with E-state index in [4.69, 9.17) is 9.47 Å². The lowest BCUT2D eigenvalue weighted by molar-refractivity contribution is -0.764. The van der Waals surface area contributed by atoms with Crippen molar-refractivity contribution in [2.24, 2.45) is 0 Å². The molecule has 0 saturated heterocycles. The van der Waals surface area contributed by atoms with Gasteiger partial charge in [0.15, 0.2) is 11.5 Å². The van der Waals surface area contributed by atoms with Gasteiger partial charge in [-0.25, -0.2) is 9.88 Å². The molecule has 12 heteroatoms. The predicted molar refractivity (Wildman–Crippen MR) is 141 cm³/mol. The second-order valence-corrected chi connectivity index (χ2v) is 9.82. The lowest BCUT2D eigenvalue weighted by Crippen LogP contribution is -2.59. The third-order valence-corrected chi connectivity index (χ3v) is 6.94. The molecule has 4 rings (SSSR count). The number of hydrogen-bond donors (Lipinski definition) is 0. The molecule has 0 fully saturated rings. The summed E-state index contributed by atoms with van der Waals surface area (Å²) >= 11 is 4.64. The largest absolute Gasteiger partial charge is 0.854 e. The Morgan fingerprint density at radius 2 is 1.76 bits per heavy atom. The molecule has 198 valence electrons. The van der Waals surface area contributed by atoms with Crippen molar-refractivity contribution >= 4 is 51.2 Å². The fourth-order valence-electron chi connectivity index (χ4n) is 4.05. The number of esters is 2. The van der Waals surface area contributed by atoms with Crippen LogP contribution in [-0.2, 0) is 14.4 Å². The van der Waals surface area contributed by atoms with E-state index in [1.54, 1.807) is 62.3 Å². The van der Waals surface area contributed by atoms with Gasteiger partial charge in [-0.05, 0) is 46.5 Å². The predicted octanol–water partition coefficient (Wildman–Crippen LogP) is 3.92. The molecule has 0 N–H and O–H groups in total. The first-order valence-electron chi connectivity index (χ1n) is 11.9. The lowest BCUT2D eigenvalue weighted by Gasteiger charge is -2.33. The molecule has 38 heavy (non-hydrogen) atoms. The summed E-state index contributed by atoms with van der Waals surface area (Å²) in [6, 6.07) is 10.2. The molecular formula is C26H25BrN4O6S. The summed E-state index contributed by atoms with van der Waals surface area (Å²) in [6.45, 7) is 5.03. The zero-order valence-corrected chi connectivity index (χ0v) is 23.6. The van der Waals surface area contributed by atoms with Gasteiger partial charge in [0.25, 0.3) is 17.0 Å². The first-order chi connectivity index (χ1) is 18.2. The average molecular weight is 601 g/mol. The van der Waals surface area contributed by atoms with Crippen LogP contribution in [0.25, 0.3) is 11.3 Å². The SMILES string of the molecule is CCC(=O)Oc1cc(C2N(C(=O)CC)c3ccccc3-c3c([O-])nc(SC)n[n+]32)cc(Br)c1OC(=O)CC. The van der Waals surface area contributed by atoms with Gasteiger partial charge in [0.2, 0.25) is 5.91 Å². The highest BCUT2D eigenvalue weighted by atomic mass is 79.9. The smallest absolute Gasteiger partial charge is 0.311 e. The third-order valence-electron chi connectivity index (χ3n) is 5.82. The van der Waals surface area contributed by atoms with Crippen LogP contribution in [0.1, 0.15) is 51.8 Å². The van der Waals surface area contributed by atoms with E-state index in [-0.39, 0.29) is 47.5 Å². The van der Waals surface area contributed by atoms with Gasteiger partial charge in [-0.3, -0.25) is 14.4 Å². The van der Waals surface area contributed by atoms with Crippen molar-refractivity contribution < 1.29 is 33.6 Å². The van der Waals surface area contributed by atoms with Gasteiger partial charge in [0, 0.05) is 24.4 Å². The summed E-state index contributed by atoms with van der Waals surface area (Å²) in [4.78, 5) is 43.5. The van der Waals surface area contributed by atoms with Gasteiger partial charge < -0.3 is 14.6 Å². The zero-order chi connectivity index (χ0) is 27.6. The van der Waals surface area contributed by atoms with Crippen LogP contribution < -0.4 is 24.2 Å². The highest BCUT2D eigenvalue weighted by Crippen LogP contribution is 2.44. The van der Waals surface area contributed by atoms with E-state index in [2.05, 4.69) is 26.0 Å². The number of aromatic nitrogens is 3. The number of thioether (sulfide) groups is 1. The van der Waals surface area contributed by atoms with E-state index < -0.39 is 24.0 Å². The summed E-state index contributed by atoms with van der Waals surface area (Å²) in [5, 5.41) is 18.1. The van der Waals surface area contributed by atoms with E-state index in [0.29, 0.717) is 21.3 Å². The third kappa shape index (κ3) is 5.10. The maximum absolute atomic E-state index is 13.4. The molecule has 2 aromatic carbocycles. The molecule has 3 aromatic rings. The summed E-state index contributed by atoms with van der Waals surface area (Å²) in [7, 11) is 0. The molecule has 1 amide bonds. The van der Waals surface area contributed by atoms with E-state index >= 15 is 0 Å². The minimum Gasteiger partial charge on any atom is -0.854 e. The molecule has 1 unspecified atom stereocenters. The number of para-hydroxylation sites is 1. The molecular weight excluding hydrogens is 576 g/mol. The van der Waals surface area contributed by atoms with Gasteiger partial charge in [-0.1, -0.05) is 49.3 Å². The van der Waals surface area contributed by atoms with Gasteiger partial charge in [0.1, 0.15) is 0 Å². The first-order valence-corrected chi connectivity index (χ1v) is 14.0. The molecule has 1 aromatic heterocycles. The molecule has 1 aliphatic rings. The van der Waals surface area contributed by atoms with E-state index in [1.165, 1.54) is 22.5 Å². The van der Waals surface area contributed by atoms with E-state index in [0.717, 1.165) is 0 Å². The molecule has 0 bridgehead atoms. The van der Waals surface area contributed by atoms with Crippen molar-refractivity contribution in [3.63, 3.8) is 0 Å². The standard InChI is InChI=1S/C26H25BrN4O6S/c1-5-19(32)30-17-11-9-8-10-15(17)22-24(35)28-26(38-4)29-31(22)25(30)14-12-16(27)23(37-21(34)7-3)18(13-14)36-20(33)6-2/h8-13,25H,5-7H2,1-4H3. The topological polar surface area (TPSA) is 126 Å². The highest BCUT2D eigenvalue weighted by molar-refractivity contribution is 9.10. The Kier molecular flexibility index (Phi) is 8.32. The molecule has 0 aliphatic carbocycles. The molecule has 0 spiro atoms. The van der Waals surface area contributed by atoms with Crippen molar-refractivity contribution in [1.29, 1.82) is 0 Å². The van der Waals surface area contributed by atoms with Crippen molar-refractivity contribution in [2.75, 3.05) is 11.2 Å². The minimum atomic E-state index is -0.930. The average Bonchev–Trinajstić information content (AvgIpc) is 2.92. The maximum atomic E-state index is 13.4. The van der Waals surface area contributed by atoms with Crippen molar-refractivity contribution in [1.82, 2.24) is 10.1 Å². The summed E-state index contributed by atoms with van der Waals surface area (Å²) in [6.07, 6.45) is 1.19. The quantitative estimate of drug-likeness (QED) is 0.171. The Labute approximate surface area is 232 Å². The molecule has 0 saturated carbocycles. The second kappa shape index (κ2) is 11.5. The van der Waals surface area contributed by atoms with Crippen LogP contribution in [0.4, 0.5) is 5.69 Å². The lowest BCUT2D eigenvalue weighted by atomic mass is 10.0. The Bertz CT molecular complexity index is 1430. The Morgan fingerprint density at radius 1 is 1.08 bits per heavy atom. The van der Waals surface area contributed by atoms with Gasteiger partial charge in [-0.15, -0.1) is 0 Å². The molecule has 10 nitrogen and oxygen atoms in total. The summed E-state index contributed by atoms with van der Waals surface area (Å²) in [5.74, 6) is -1.74. The second-order valence-electron chi connectivity index (χ2n) is 8.19. The fourth-order valence-corrected chi connectivity index (χ4v) is 4.94. The number of anilines is 1. The van der Waals surface area contributed by atoms with Crippen LogP contribution in [-0.4, -0.2) is 34.2 Å². The number of hydrogen-bond acceptors (Lipinski definition) is 9. The molecule has 2 heterocycles. The molecule has 0 radical (unpaired) electrons. The van der Waals surface area contributed by atoms with Gasteiger partial charge in [0.05, 0.1) is 27.2 Å². The number of amides is 1. The number of carbonyl (C=O) groups is 3. The highest BCUT2D eigenvalue weighted by Gasteiger charge is 2.45. The zero-order valence-electron chi connectivity index (χ0n) is 21.2. The summed E-state index contributed by atoms with van der Waals surface area (Å²) < 4.78 is 12.8. The maximum Gasteiger partial charge on any atom is 0.311 e. The van der Waals surface area contributed by atoms with E-state index in [1.807, 2.05) is 0 Å². The van der Waals surface area contributed by atoms with E-state index in [9.17, 15) is 19.5 Å². The van der Waals surface area contributed by atoms with Crippen LogP contribution in [0.5, 0.6) is 17.4 Å². The van der Waals surface area contributed by atoms with Crippen LogP contribution in [0, 0.1) is 0 Å². The number of halogens is 1. The Morgan fingerprint density at radius 3 is 2.42 bits per heavy atom. The Hall–Kier alpha value is -3.51. The first kappa shape index (κ1) is 27.5. The molecule has 1 aliphatic heterocycles. The van der Waals surface area contributed by atoms with Crippen LogP contribution in [0.2, 0.25) is 0 Å². The number of nitrogens with zero attached hydrogens (tertiary/aromatic N) is 4. The normalized spacial score (nSPS) is 13.9.